The van der Waals surface area contributed by atoms with Gasteiger partial charge in [0.05, 0.1) is 11.1 Å². The maximum absolute atomic E-state index is 12.2. The van der Waals surface area contributed by atoms with Gasteiger partial charge in [0.15, 0.2) is 0 Å². The second kappa shape index (κ2) is 5.59. The van der Waals surface area contributed by atoms with Crippen molar-refractivity contribution in [1.29, 1.82) is 0 Å². The third-order valence-corrected chi connectivity index (χ3v) is 3.71. The highest BCUT2D eigenvalue weighted by Gasteiger charge is 2.37. The fourth-order valence-electron chi connectivity index (χ4n) is 2.61. The summed E-state index contributed by atoms with van der Waals surface area (Å²) in [7, 11) is 0. The number of allylic oxidation sites excluding steroid dienone is 1. The van der Waals surface area contributed by atoms with Crippen molar-refractivity contribution in [2.75, 3.05) is 0 Å². The first-order chi connectivity index (χ1) is 9.77. The van der Waals surface area contributed by atoms with Crippen molar-refractivity contribution >= 4 is 11.8 Å². The van der Waals surface area contributed by atoms with Crippen LogP contribution in [0, 0.1) is 0 Å². The molecule has 0 radical (unpaired) electrons. The Balaban J connectivity index is 1.77. The van der Waals surface area contributed by atoms with Gasteiger partial charge in [0.1, 0.15) is 6.10 Å². The van der Waals surface area contributed by atoms with Crippen LogP contribution in [-0.2, 0) is 4.84 Å². The van der Waals surface area contributed by atoms with Crippen molar-refractivity contribution in [2.24, 2.45) is 0 Å². The molecule has 104 valence electrons. The number of hydrogen-bond donors (Lipinski definition) is 0. The molecule has 0 saturated carbocycles. The van der Waals surface area contributed by atoms with E-state index < -0.39 is 0 Å². The van der Waals surface area contributed by atoms with Crippen molar-refractivity contribution < 1.29 is 14.4 Å². The van der Waals surface area contributed by atoms with Gasteiger partial charge in [-0.3, -0.25) is 14.4 Å². The Labute approximate surface area is 118 Å². The maximum Gasteiger partial charge on any atom is 0.285 e. The highest BCUT2D eigenvalue weighted by Crippen LogP contribution is 2.25. The number of benzene rings is 1. The summed E-state index contributed by atoms with van der Waals surface area (Å²) in [6.07, 6.45) is 9.11. The van der Waals surface area contributed by atoms with Gasteiger partial charge in [-0.1, -0.05) is 37.1 Å². The maximum atomic E-state index is 12.2. The second-order valence-electron chi connectivity index (χ2n) is 5.16. The zero-order chi connectivity index (χ0) is 13.9. The van der Waals surface area contributed by atoms with Gasteiger partial charge >= 0.3 is 0 Å². The summed E-state index contributed by atoms with van der Waals surface area (Å²) in [4.78, 5) is 30.0. The summed E-state index contributed by atoms with van der Waals surface area (Å²) in [5.41, 5.74) is 0.847. The first kappa shape index (κ1) is 13.1. The summed E-state index contributed by atoms with van der Waals surface area (Å²) in [5.74, 6) is -0.720. The standard InChI is InChI=1S/C16H17NO3/c18-15-13-10-6-7-11-14(13)16(19)17(15)20-12-8-4-2-1-3-5-9-12/h4,6-8,10-12H,1-3,5,9H2/t12-/m1/s1. The fourth-order valence-corrected chi connectivity index (χ4v) is 2.61. The van der Waals surface area contributed by atoms with Crippen molar-refractivity contribution in [2.45, 2.75) is 38.2 Å². The molecule has 1 aliphatic heterocycles. The van der Waals surface area contributed by atoms with Gasteiger partial charge in [-0.05, 0) is 31.4 Å². The number of imide groups is 1. The molecule has 1 aromatic rings. The molecule has 4 nitrogen and oxygen atoms in total. The number of rotatable bonds is 2. The predicted molar refractivity (Wildman–Crippen MR) is 74.0 cm³/mol. The van der Waals surface area contributed by atoms with Gasteiger partial charge in [-0.15, -0.1) is 5.06 Å². The minimum absolute atomic E-state index is 0.197. The van der Waals surface area contributed by atoms with Gasteiger partial charge in [0.25, 0.3) is 11.8 Å². The summed E-state index contributed by atoms with van der Waals surface area (Å²) in [5, 5.41) is 0.918. The molecule has 1 heterocycles. The van der Waals surface area contributed by atoms with Crippen LogP contribution in [0.2, 0.25) is 0 Å². The van der Waals surface area contributed by atoms with E-state index in [0.29, 0.717) is 11.1 Å². The van der Waals surface area contributed by atoms with E-state index in [0.717, 1.165) is 30.7 Å². The average molecular weight is 271 g/mol. The minimum atomic E-state index is -0.360. The Morgan fingerprint density at radius 1 is 1.00 bits per heavy atom. The fraction of sp³-hybridized carbons (Fsp3) is 0.375. The molecule has 4 heteroatoms. The lowest BCUT2D eigenvalue weighted by molar-refractivity contribution is -0.119. The molecule has 0 saturated heterocycles. The van der Waals surface area contributed by atoms with Gasteiger partial charge in [0, 0.05) is 0 Å². The van der Waals surface area contributed by atoms with E-state index >= 15 is 0 Å². The van der Waals surface area contributed by atoms with Gasteiger partial charge in [-0.25, -0.2) is 0 Å². The Morgan fingerprint density at radius 3 is 2.40 bits per heavy atom. The molecular weight excluding hydrogens is 254 g/mol. The van der Waals surface area contributed by atoms with E-state index in [1.165, 1.54) is 6.42 Å². The van der Waals surface area contributed by atoms with Crippen LogP contribution in [0.5, 0.6) is 0 Å². The Kier molecular flexibility index (Phi) is 3.65. The molecule has 0 bridgehead atoms. The third-order valence-electron chi connectivity index (χ3n) is 3.71. The van der Waals surface area contributed by atoms with Crippen LogP contribution in [0.1, 0.15) is 52.8 Å². The van der Waals surface area contributed by atoms with Crippen molar-refractivity contribution in [3.05, 3.63) is 47.5 Å². The number of hydrogen-bond acceptors (Lipinski definition) is 3. The van der Waals surface area contributed by atoms with Crippen molar-refractivity contribution in [1.82, 2.24) is 5.06 Å². The SMILES string of the molecule is O=C1c2ccccc2C(=O)N1O[C@@H]1C=CCCCCC1. The van der Waals surface area contributed by atoms with Crippen LogP contribution in [0.4, 0.5) is 0 Å². The Hall–Kier alpha value is -1.94. The third kappa shape index (κ3) is 2.39. The van der Waals surface area contributed by atoms with Crippen LogP contribution in [0.3, 0.4) is 0 Å². The van der Waals surface area contributed by atoms with Crippen molar-refractivity contribution in [3.63, 3.8) is 0 Å². The molecule has 2 aliphatic rings. The minimum Gasteiger partial charge on any atom is -0.266 e. The van der Waals surface area contributed by atoms with E-state index in [4.69, 9.17) is 4.84 Å². The van der Waals surface area contributed by atoms with Crippen LogP contribution >= 0.6 is 0 Å². The molecule has 0 unspecified atom stereocenters. The van der Waals surface area contributed by atoms with E-state index in [-0.39, 0.29) is 17.9 Å². The molecule has 0 aromatic heterocycles. The van der Waals surface area contributed by atoms with E-state index in [1.54, 1.807) is 24.3 Å². The lowest BCUT2D eigenvalue weighted by Crippen LogP contribution is -2.34. The Morgan fingerprint density at radius 2 is 1.70 bits per heavy atom. The smallest absolute Gasteiger partial charge is 0.266 e. The van der Waals surface area contributed by atoms with Gasteiger partial charge in [-0.2, -0.15) is 0 Å². The molecular formula is C16H17NO3. The van der Waals surface area contributed by atoms with E-state index in [2.05, 4.69) is 6.08 Å². The average Bonchev–Trinajstić information content (AvgIpc) is 2.67. The molecule has 0 fully saturated rings. The highest BCUT2D eigenvalue weighted by atomic mass is 16.7. The summed E-state index contributed by atoms with van der Waals surface area (Å²) in [6, 6.07) is 6.83. The number of amides is 2. The topological polar surface area (TPSA) is 46.6 Å². The van der Waals surface area contributed by atoms with E-state index in [1.807, 2.05) is 6.08 Å². The van der Waals surface area contributed by atoms with E-state index in [9.17, 15) is 9.59 Å². The lowest BCUT2D eigenvalue weighted by Gasteiger charge is -2.21. The number of hydroxylamine groups is 2. The number of carbonyl (C=O) groups is 2. The van der Waals surface area contributed by atoms with Gasteiger partial charge < -0.3 is 0 Å². The number of nitrogens with zero attached hydrogens (tertiary/aromatic N) is 1. The molecule has 0 spiro atoms. The molecule has 3 rings (SSSR count). The molecule has 1 aliphatic carbocycles. The Bertz CT molecular complexity index is 530. The largest absolute Gasteiger partial charge is 0.285 e. The molecule has 20 heavy (non-hydrogen) atoms. The second-order valence-corrected chi connectivity index (χ2v) is 5.16. The highest BCUT2D eigenvalue weighted by molar-refractivity contribution is 6.20. The quantitative estimate of drug-likeness (QED) is 0.613. The van der Waals surface area contributed by atoms with Gasteiger partial charge in [0.2, 0.25) is 0 Å². The molecule has 1 aromatic carbocycles. The molecule has 1 atom stereocenters. The van der Waals surface area contributed by atoms with Crippen LogP contribution in [0.15, 0.2) is 36.4 Å². The predicted octanol–water partition coefficient (Wildman–Crippen LogP) is 3.10. The summed E-state index contributed by atoms with van der Waals surface area (Å²) < 4.78 is 0. The number of carbonyl (C=O) groups excluding carboxylic acids is 2. The first-order valence-corrected chi connectivity index (χ1v) is 7.08. The molecule has 2 amide bonds. The zero-order valence-electron chi connectivity index (χ0n) is 11.2. The summed E-state index contributed by atoms with van der Waals surface area (Å²) >= 11 is 0. The van der Waals surface area contributed by atoms with Crippen LogP contribution in [-0.4, -0.2) is 23.0 Å². The van der Waals surface area contributed by atoms with Crippen LogP contribution < -0.4 is 0 Å². The zero-order valence-corrected chi connectivity index (χ0v) is 11.2. The monoisotopic (exact) mass is 271 g/mol. The van der Waals surface area contributed by atoms with Crippen molar-refractivity contribution in [3.8, 4) is 0 Å². The lowest BCUT2D eigenvalue weighted by atomic mass is 10.0. The summed E-state index contributed by atoms with van der Waals surface area (Å²) in [6.45, 7) is 0. The normalized spacial score (nSPS) is 22.6. The molecule has 0 N–H and O–H groups in total. The number of fused-ring (bicyclic) bond motifs is 1. The van der Waals surface area contributed by atoms with Crippen LogP contribution in [0.25, 0.3) is 0 Å². The first-order valence-electron chi connectivity index (χ1n) is 7.08.